The van der Waals surface area contributed by atoms with Gasteiger partial charge in [-0.05, 0) is 82.5 Å². The summed E-state index contributed by atoms with van der Waals surface area (Å²) in [7, 11) is 0. The second kappa shape index (κ2) is 11.1. The van der Waals surface area contributed by atoms with E-state index in [0.717, 1.165) is 30.8 Å². The van der Waals surface area contributed by atoms with Crippen molar-refractivity contribution in [2.24, 2.45) is 17.8 Å². The Bertz CT molecular complexity index is 341. The summed E-state index contributed by atoms with van der Waals surface area (Å²) in [5, 5.41) is 0. The summed E-state index contributed by atoms with van der Waals surface area (Å²) < 4.78 is 6.00. The van der Waals surface area contributed by atoms with Gasteiger partial charge in [-0.3, -0.25) is 0 Å². The van der Waals surface area contributed by atoms with Crippen LogP contribution in [0.1, 0.15) is 84.5 Å². The zero-order valence-electron chi connectivity index (χ0n) is 15.5. The van der Waals surface area contributed by atoms with Crippen LogP contribution in [0.15, 0.2) is 24.3 Å². The van der Waals surface area contributed by atoms with Crippen molar-refractivity contribution in [3.8, 4) is 0 Å². The van der Waals surface area contributed by atoms with Crippen LogP contribution in [0.4, 0.5) is 0 Å². The maximum Gasteiger partial charge on any atom is 0.0651 e. The van der Waals surface area contributed by atoms with Crippen molar-refractivity contribution in [1.82, 2.24) is 0 Å². The van der Waals surface area contributed by atoms with Crippen LogP contribution < -0.4 is 0 Å². The molecule has 0 atom stereocenters. The first-order valence-electron chi connectivity index (χ1n) is 10.2. The summed E-state index contributed by atoms with van der Waals surface area (Å²) in [4.78, 5) is 0. The van der Waals surface area contributed by atoms with Gasteiger partial charge in [-0.25, -0.2) is 0 Å². The van der Waals surface area contributed by atoms with Gasteiger partial charge in [0.05, 0.1) is 12.7 Å². The molecule has 2 fully saturated rings. The smallest absolute Gasteiger partial charge is 0.0651 e. The van der Waals surface area contributed by atoms with Gasteiger partial charge in [-0.15, -0.1) is 0 Å². The fourth-order valence-electron chi connectivity index (χ4n) is 4.60. The molecule has 0 bridgehead atoms. The van der Waals surface area contributed by atoms with Gasteiger partial charge in [0, 0.05) is 0 Å². The minimum atomic E-state index is 0.532. The fourth-order valence-corrected chi connectivity index (χ4v) is 4.60. The first-order valence-corrected chi connectivity index (χ1v) is 10.2. The molecule has 2 aliphatic rings. The number of hydrogen-bond acceptors (Lipinski definition) is 1. The van der Waals surface area contributed by atoms with E-state index in [1.54, 1.807) is 0 Å². The van der Waals surface area contributed by atoms with Gasteiger partial charge < -0.3 is 4.74 Å². The first-order chi connectivity index (χ1) is 11.3. The highest BCUT2D eigenvalue weighted by Crippen LogP contribution is 2.41. The monoisotopic (exact) mass is 318 g/mol. The Morgan fingerprint density at radius 3 is 2.09 bits per heavy atom. The molecule has 0 heterocycles. The number of hydrogen-bond donors (Lipinski definition) is 0. The second-order valence-electron chi connectivity index (χ2n) is 7.68. The molecule has 0 saturated heterocycles. The highest BCUT2D eigenvalue weighted by atomic mass is 16.5. The summed E-state index contributed by atoms with van der Waals surface area (Å²) in [6.45, 7) is 5.13. The summed E-state index contributed by atoms with van der Waals surface area (Å²) in [5.74, 6) is 3.03. The molecule has 0 radical (unpaired) electrons. The summed E-state index contributed by atoms with van der Waals surface area (Å²) >= 11 is 0. The molecule has 0 aromatic heterocycles. The largest absolute Gasteiger partial charge is 0.374 e. The van der Waals surface area contributed by atoms with E-state index in [1.165, 1.54) is 64.2 Å². The Labute approximate surface area is 144 Å². The van der Waals surface area contributed by atoms with E-state index < -0.39 is 0 Å². The number of rotatable bonds is 8. The van der Waals surface area contributed by atoms with Gasteiger partial charge in [0.15, 0.2) is 0 Å². The van der Waals surface area contributed by atoms with Gasteiger partial charge in [-0.2, -0.15) is 0 Å². The Hall–Kier alpha value is -0.560. The van der Waals surface area contributed by atoms with Crippen LogP contribution in [0, 0.1) is 17.8 Å². The van der Waals surface area contributed by atoms with Crippen LogP contribution in [-0.2, 0) is 4.74 Å². The van der Waals surface area contributed by atoms with Gasteiger partial charge in [0.1, 0.15) is 0 Å². The zero-order valence-corrected chi connectivity index (χ0v) is 15.5. The molecular formula is C22H38O. The van der Waals surface area contributed by atoms with E-state index in [4.69, 9.17) is 4.74 Å². The average Bonchev–Trinajstić information content (AvgIpc) is 2.60. The maximum absolute atomic E-state index is 6.00. The predicted molar refractivity (Wildman–Crippen MR) is 101 cm³/mol. The summed E-state index contributed by atoms with van der Waals surface area (Å²) in [6.07, 6.45) is 24.7. The number of allylic oxidation sites excluding steroid dienone is 3. The molecule has 0 amide bonds. The molecule has 0 aromatic rings. The Morgan fingerprint density at radius 1 is 0.826 bits per heavy atom. The van der Waals surface area contributed by atoms with E-state index in [0.29, 0.717) is 6.10 Å². The van der Waals surface area contributed by atoms with Crippen LogP contribution >= 0.6 is 0 Å². The molecule has 2 saturated carbocycles. The van der Waals surface area contributed by atoms with E-state index in [-0.39, 0.29) is 0 Å². The molecule has 2 rings (SSSR count). The van der Waals surface area contributed by atoms with Crippen LogP contribution in [-0.4, -0.2) is 12.7 Å². The molecule has 0 spiro atoms. The van der Waals surface area contributed by atoms with Crippen molar-refractivity contribution in [3.05, 3.63) is 24.3 Å². The van der Waals surface area contributed by atoms with Crippen molar-refractivity contribution in [2.75, 3.05) is 6.61 Å². The van der Waals surface area contributed by atoms with Gasteiger partial charge in [0.2, 0.25) is 0 Å². The van der Waals surface area contributed by atoms with Crippen molar-refractivity contribution < 1.29 is 4.74 Å². The number of ether oxygens (including phenoxy) is 1. The lowest BCUT2D eigenvalue weighted by Crippen LogP contribution is -2.28. The summed E-state index contributed by atoms with van der Waals surface area (Å²) in [5.41, 5.74) is 0. The van der Waals surface area contributed by atoms with Gasteiger partial charge >= 0.3 is 0 Å². The standard InChI is InChI=1S/C22H38O/c1-3-5-7-9-19-10-12-20(13-11-19)21-14-16-22(17-15-21)23-18-8-6-4-2/h3,5-6,8,19-22H,4,7,9-18H2,1-2H3. The molecule has 1 nitrogen and oxygen atoms in total. The van der Waals surface area contributed by atoms with Crippen LogP contribution in [0.5, 0.6) is 0 Å². The molecular weight excluding hydrogens is 280 g/mol. The van der Waals surface area contributed by atoms with Gasteiger partial charge in [-0.1, -0.05) is 44.1 Å². The van der Waals surface area contributed by atoms with E-state index >= 15 is 0 Å². The Morgan fingerprint density at radius 2 is 1.48 bits per heavy atom. The third-order valence-corrected chi connectivity index (χ3v) is 6.08. The molecule has 0 aromatic carbocycles. The molecule has 23 heavy (non-hydrogen) atoms. The van der Waals surface area contributed by atoms with Crippen molar-refractivity contribution >= 4 is 0 Å². The SMILES string of the molecule is CC=CCCC1CCC(C2CCC(OCC=CCC)CC2)CC1. The minimum Gasteiger partial charge on any atom is -0.374 e. The third kappa shape index (κ3) is 6.83. The quantitative estimate of drug-likeness (QED) is 0.453. The minimum absolute atomic E-state index is 0.532. The molecule has 2 aliphatic carbocycles. The van der Waals surface area contributed by atoms with Crippen LogP contribution in [0.25, 0.3) is 0 Å². The van der Waals surface area contributed by atoms with Crippen LogP contribution in [0.2, 0.25) is 0 Å². The Kier molecular flexibility index (Phi) is 9.04. The molecule has 132 valence electrons. The Balaban J connectivity index is 1.60. The lowest BCUT2D eigenvalue weighted by molar-refractivity contribution is 0.0210. The lowest BCUT2D eigenvalue weighted by Gasteiger charge is -2.37. The van der Waals surface area contributed by atoms with Crippen molar-refractivity contribution in [3.63, 3.8) is 0 Å². The molecule has 0 aliphatic heterocycles. The average molecular weight is 319 g/mol. The lowest BCUT2D eigenvalue weighted by atomic mass is 9.70. The predicted octanol–water partition coefficient (Wildman–Crippen LogP) is 6.69. The first kappa shape index (κ1) is 18.8. The highest BCUT2D eigenvalue weighted by Gasteiger charge is 2.30. The second-order valence-corrected chi connectivity index (χ2v) is 7.68. The normalized spacial score (nSPS) is 32.8. The van der Waals surface area contributed by atoms with E-state index in [2.05, 4.69) is 38.2 Å². The topological polar surface area (TPSA) is 9.23 Å². The maximum atomic E-state index is 6.00. The van der Waals surface area contributed by atoms with Crippen molar-refractivity contribution in [2.45, 2.75) is 90.6 Å². The van der Waals surface area contributed by atoms with Crippen molar-refractivity contribution in [1.29, 1.82) is 0 Å². The summed E-state index contributed by atoms with van der Waals surface area (Å²) in [6, 6.07) is 0. The third-order valence-electron chi connectivity index (χ3n) is 6.08. The van der Waals surface area contributed by atoms with E-state index in [9.17, 15) is 0 Å². The molecule has 0 N–H and O–H groups in total. The van der Waals surface area contributed by atoms with Crippen LogP contribution in [0.3, 0.4) is 0 Å². The molecule has 1 heteroatoms. The fraction of sp³-hybridized carbons (Fsp3) is 0.818. The molecule has 0 unspecified atom stereocenters. The highest BCUT2D eigenvalue weighted by molar-refractivity contribution is 4.85. The van der Waals surface area contributed by atoms with E-state index in [1.807, 2.05) is 0 Å². The van der Waals surface area contributed by atoms with Gasteiger partial charge in [0.25, 0.3) is 0 Å². The zero-order chi connectivity index (χ0) is 16.3.